The van der Waals surface area contributed by atoms with Crippen molar-refractivity contribution in [2.24, 2.45) is 5.92 Å². The van der Waals surface area contributed by atoms with Crippen LogP contribution in [-0.4, -0.2) is 52.8 Å². The molecule has 1 aromatic rings. The van der Waals surface area contributed by atoms with E-state index in [2.05, 4.69) is 0 Å². The number of carbonyl (C=O) groups is 1. The summed E-state index contributed by atoms with van der Waals surface area (Å²) in [6, 6.07) is 9.37. The average molecular weight is 363 g/mol. The van der Waals surface area contributed by atoms with Crippen LogP contribution in [0, 0.1) is 5.92 Å². The van der Waals surface area contributed by atoms with Crippen LogP contribution in [0.25, 0.3) is 0 Å². The molecule has 2 aliphatic rings. The maximum absolute atomic E-state index is 12.8. The predicted octanol–water partition coefficient (Wildman–Crippen LogP) is 3.11. The lowest BCUT2D eigenvalue weighted by molar-refractivity contribution is -0.173. The molecule has 6 heteroatoms. The molecule has 0 saturated carbocycles. The maximum atomic E-state index is 12.8. The highest BCUT2D eigenvalue weighted by Gasteiger charge is 2.52. The van der Waals surface area contributed by atoms with Crippen LogP contribution in [0.1, 0.15) is 46.3 Å². The van der Waals surface area contributed by atoms with Crippen molar-refractivity contribution in [1.82, 2.24) is 4.90 Å². The van der Waals surface area contributed by atoms with Crippen LogP contribution in [0.2, 0.25) is 0 Å². The Morgan fingerprint density at radius 3 is 2.46 bits per heavy atom. The fourth-order valence-electron chi connectivity index (χ4n) is 3.60. The molecule has 144 valence electrons. The van der Waals surface area contributed by atoms with Crippen LogP contribution in [-0.2, 0) is 14.2 Å². The summed E-state index contributed by atoms with van der Waals surface area (Å²) in [4.78, 5) is 14.3. The number of amides is 1. The lowest BCUT2D eigenvalue weighted by Gasteiger charge is -2.44. The fourth-order valence-corrected chi connectivity index (χ4v) is 3.60. The molecule has 0 spiro atoms. The lowest BCUT2D eigenvalue weighted by atomic mass is 9.83. The van der Waals surface area contributed by atoms with Crippen molar-refractivity contribution in [3.8, 4) is 0 Å². The molecule has 2 heterocycles. The van der Waals surface area contributed by atoms with E-state index >= 15 is 0 Å². The monoisotopic (exact) mass is 363 g/mol. The average Bonchev–Trinajstić information content (AvgIpc) is 2.81. The van der Waals surface area contributed by atoms with Crippen molar-refractivity contribution >= 4 is 6.09 Å². The summed E-state index contributed by atoms with van der Waals surface area (Å²) in [5.74, 6) is -0.0927. The number of nitrogens with zero attached hydrogens (tertiary/aromatic N) is 1. The zero-order valence-electron chi connectivity index (χ0n) is 16.1. The quantitative estimate of drug-likeness (QED) is 0.894. The van der Waals surface area contributed by atoms with Gasteiger partial charge in [0, 0.05) is 5.92 Å². The number of carbonyl (C=O) groups excluding carboxylic acids is 1. The van der Waals surface area contributed by atoms with Gasteiger partial charge in [0.2, 0.25) is 0 Å². The van der Waals surface area contributed by atoms with E-state index in [1.54, 1.807) is 0 Å². The summed E-state index contributed by atoms with van der Waals surface area (Å²) in [5, 5.41) is 11.0. The molecule has 0 unspecified atom stereocenters. The molecule has 2 saturated heterocycles. The Morgan fingerprint density at radius 2 is 1.92 bits per heavy atom. The summed E-state index contributed by atoms with van der Waals surface area (Å²) in [6.07, 6.45) is -1.40. The molecule has 6 nitrogen and oxygen atoms in total. The zero-order chi connectivity index (χ0) is 19.1. The molecule has 1 amide bonds. The van der Waals surface area contributed by atoms with E-state index < -0.39 is 29.6 Å². The highest BCUT2D eigenvalue weighted by atomic mass is 16.6. The summed E-state index contributed by atoms with van der Waals surface area (Å²) < 4.78 is 17.1. The second-order valence-corrected chi connectivity index (χ2v) is 8.49. The zero-order valence-corrected chi connectivity index (χ0v) is 16.1. The minimum atomic E-state index is -0.833. The van der Waals surface area contributed by atoms with Gasteiger partial charge in [0.1, 0.15) is 11.3 Å². The number of ether oxygens (including phenoxy) is 3. The third-order valence-corrected chi connectivity index (χ3v) is 4.93. The standard InChI is InChI=1S/C20H29NO5/c1-19(2,3)26-18(23)21-15(12-25-20(21,4)5)16(22)14-11-24-17(14)13-9-7-6-8-10-13/h6-10,14-17,22H,11-12H2,1-5H3/t14-,15+,16+,17-/m1/s1. The van der Waals surface area contributed by atoms with Gasteiger partial charge in [-0.15, -0.1) is 0 Å². The number of aliphatic hydroxyl groups is 1. The van der Waals surface area contributed by atoms with E-state index in [1.165, 1.54) is 4.90 Å². The first-order valence-corrected chi connectivity index (χ1v) is 9.11. The maximum Gasteiger partial charge on any atom is 0.412 e. The van der Waals surface area contributed by atoms with Gasteiger partial charge >= 0.3 is 6.09 Å². The number of benzene rings is 1. The smallest absolute Gasteiger partial charge is 0.412 e. The van der Waals surface area contributed by atoms with E-state index in [9.17, 15) is 9.90 Å². The van der Waals surface area contributed by atoms with Gasteiger partial charge in [-0.05, 0) is 40.2 Å². The van der Waals surface area contributed by atoms with E-state index in [-0.39, 0.29) is 18.6 Å². The van der Waals surface area contributed by atoms with Crippen LogP contribution in [0.5, 0.6) is 0 Å². The summed E-state index contributed by atoms with van der Waals surface area (Å²) in [6.45, 7) is 9.83. The number of hydrogen-bond donors (Lipinski definition) is 1. The van der Waals surface area contributed by atoms with Gasteiger partial charge in [-0.25, -0.2) is 4.79 Å². The minimum Gasteiger partial charge on any atom is -0.444 e. The SMILES string of the molecule is CC(C)(C)OC(=O)N1[C@H]([C@@H](O)[C@H]2CO[C@@H]2c2ccccc2)COC1(C)C. The van der Waals surface area contributed by atoms with Crippen LogP contribution in [0.4, 0.5) is 4.79 Å². The first-order chi connectivity index (χ1) is 12.1. The molecule has 2 fully saturated rings. The second kappa shape index (κ2) is 6.83. The number of hydrogen-bond acceptors (Lipinski definition) is 5. The number of rotatable bonds is 3. The summed E-state index contributed by atoms with van der Waals surface area (Å²) in [7, 11) is 0. The molecule has 0 aliphatic carbocycles. The molecule has 0 bridgehead atoms. The van der Waals surface area contributed by atoms with Gasteiger partial charge in [0.05, 0.1) is 31.5 Å². The molecule has 1 aromatic carbocycles. The van der Waals surface area contributed by atoms with E-state index in [1.807, 2.05) is 65.0 Å². The first kappa shape index (κ1) is 19.1. The molecule has 26 heavy (non-hydrogen) atoms. The molecule has 0 aromatic heterocycles. The van der Waals surface area contributed by atoms with Crippen LogP contribution in [0.3, 0.4) is 0 Å². The predicted molar refractivity (Wildman–Crippen MR) is 96.5 cm³/mol. The van der Waals surface area contributed by atoms with E-state index in [4.69, 9.17) is 14.2 Å². The Kier molecular flexibility index (Phi) is 5.03. The Labute approximate surface area is 155 Å². The second-order valence-electron chi connectivity index (χ2n) is 8.49. The van der Waals surface area contributed by atoms with Crippen LogP contribution < -0.4 is 0 Å². The van der Waals surface area contributed by atoms with Crippen molar-refractivity contribution in [1.29, 1.82) is 0 Å². The minimum absolute atomic E-state index is 0.0927. The van der Waals surface area contributed by atoms with E-state index in [0.717, 1.165) is 5.56 Å². The summed E-state index contributed by atoms with van der Waals surface area (Å²) >= 11 is 0. The Hall–Kier alpha value is -1.63. The third kappa shape index (κ3) is 3.72. The largest absolute Gasteiger partial charge is 0.444 e. The topological polar surface area (TPSA) is 68.2 Å². The Balaban J connectivity index is 1.77. The molecule has 2 aliphatic heterocycles. The van der Waals surface area contributed by atoms with Crippen molar-refractivity contribution in [2.75, 3.05) is 13.2 Å². The highest BCUT2D eigenvalue weighted by Crippen LogP contribution is 2.41. The van der Waals surface area contributed by atoms with Gasteiger partial charge in [-0.2, -0.15) is 0 Å². The molecule has 3 rings (SSSR count). The summed E-state index contributed by atoms with van der Waals surface area (Å²) in [5.41, 5.74) is -0.414. The van der Waals surface area contributed by atoms with Crippen molar-refractivity contribution in [3.05, 3.63) is 35.9 Å². The van der Waals surface area contributed by atoms with Gasteiger partial charge in [-0.3, -0.25) is 4.90 Å². The fraction of sp³-hybridized carbons (Fsp3) is 0.650. The highest BCUT2D eigenvalue weighted by molar-refractivity contribution is 5.70. The Morgan fingerprint density at radius 1 is 1.27 bits per heavy atom. The molecule has 4 atom stereocenters. The van der Waals surface area contributed by atoms with Gasteiger partial charge < -0.3 is 19.3 Å². The van der Waals surface area contributed by atoms with Gasteiger partial charge in [0.15, 0.2) is 0 Å². The van der Waals surface area contributed by atoms with E-state index in [0.29, 0.717) is 6.61 Å². The van der Waals surface area contributed by atoms with Gasteiger partial charge in [0.25, 0.3) is 0 Å². The molecule has 1 N–H and O–H groups in total. The number of aliphatic hydroxyl groups excluding tert-OH is 1. The molecule has 0 radical (unpaired) electrons. The van der Waals surface area contributed by atoms with Crippen molar-refractivity contribution in [3.63, 3.8) is 0 Å². The molecular formula is C20H29NO5. The Bertz CT molecular complexity index is 639. The molecular weight excluding hydrogens is 334 g/mol. The normalized spacial score (nSPS) is 29.2. The first-order valence-electron chi connectivity index (χ1n) is 9.11. The third-order valence-electron chi connectivity index (χ3n) is 4.93. The van der Waals surface area contributed by atoms with Crippen molar-refractivity contribution < 1.29 is 24.1 Å². The lowest BCUT2D eigenvalue weighted by Crippen LogP contribution is -2.57. The van der Waals surface area contributed by atoms with Gasteiger partial charge in [-0.1, -0.05) is 30.3 Å². The van der Waals surface area contributed by atoms with Crippen LogP contribution in [0.15, 0.2) is 30.3 Å². The van der Waals surface area contributed by atoms with Crippen LogP contribution >= 0.6 is 0 Å². The van der Waals surface area contributed by atoms with Crippen molar-refractivity contribution in [2.45, 2.75) is 64.2 Å².